The second kappa shape index (κ2) is 6.33. The number of carbonyl (C=O) groups excluding carboxylic acids is 1. The number of hydrogen-bond acceptors (Lipinski definition) is 2. The summed E-state index contributed by atoms with van der Waals surface area (Å²) in [6, 6.07) is 8.16. The van der Waals surface area contributed by atoms with Gasteiger partial charge in [0.25, 0.3) is 0 Å². The third-order valence-electron chi connectivity index (χ3n) is 4.01. The van der Waals surface area contributed by atoms with E-state index in [1.54, 1.807) is 0 Å². The zero-order valence-corrected chi connectivity index (χ0v) is 12.1. The molecule has 2 unspecified atom stereocenters. The average molecular weight is 259 g/mol. The Labute approximate surface area is 116 Å². The fourth-order valence-corrected chi connectivity index (χ4v) is 3.02. The molecule has 0 heterocycles. The molecule has 1 saturated carbocycles. The van der Waals surface area contributed by atoms with Crippen LogP contribution in [0.3, 0.4) is 0 Å². The summed E-state index contributed by atoms with van der Waals surface area (Å²) >= 11 is 0. The van der Waals surface area contributed by atoms with Gasteiger partial charge in [0.2, 0.25) is 0 Å². The van der Waals surface area contributed by atoms with Gasteiger partial charge in [0.1, 0.15) is 0 Å². The average Bonchev–Trinajstić information content (AvgIpc) is 2.38. The highest BCUT2D eigenvalue weighted by Gasteiger charge is 2.28. The molecule has 2 heteroatoms. The molecule has 1 aliphatic carbocycles. The molecule has 0 radical (unpaired) electrons. The summed E-state index contributed by atoms with van der Waals surface area (Å²) < 4.78 is 0. The number of nitrogens with two attached hydrogens (primary N) is 1. The van der Waals surface area contributed by atoms with Crippen LogP contribution >= 0.6 is 0 Å². The molecule has 19 heavy (non-hydrogen) atoms. The smallest absolute Gasteiger partial charge is 0.167 e. The molecule has 1 aliphatic rings. The van der Waals surface area contributed by atoms with E-state index in [1.807, 2.05) is 12.1 Å². The lowest BCUT2D eigenvalue weighted by Crippen LogP contribution is -2.38. The molecule has 1 aromatic rings. The molecule has 1 fully saturated rings. The lowest BCUT2D eigenvalue weighted by Gasteiger charge is -2.27. The first-order chi connectivity index (χ1) is 9.08. The highest BCUT2D eigenvalue weighted by atomic mass is 16.1. The van der Waals surface area contributed by atoms with Crippen molar-refractivity contribution in [2.24, 2.45) is 17.6 Å². The molecule has 0 aromatic heterocycles. The topological polar surface area (TPSA) is 43.1 Å². The largest absolute Gasteiger partial charge is 0.327 e. The molecule has 0 aliphatic heterocycles. The van der Waals surface area contributed by atoms with E-state index in [9.17, 15) is 4.79 Å². The van der Waals surface area contributed by atoms with E-state index >= 15 is 0 Å². The zero-order valence-electron chi connectivity index (χ0n) is 12.1. The van der Waals surface area contributed by atoms with Crippen molar-refractivity contribution in [1.29, 1.82) is 0 Å². The SMILES string of the molecule is CC(C)Cc1cccc(C(=O)C2CCCCC2N)c1. The van der Waals surface area contributed by atoms with Gasteiger partial charge in [-0.05, 0) is 36.8 Å². The Morgan fingerprint density at radius 3 is 2.74 bits per heavy atom. The van der Waals surface area contributed by atoms with Gasteiger partial charge in [-0.15, -0.1) is 0 Å². The fourth-order valence-electron chi connectivity index (χ4n) is 3.02. The number of Topliss-reactive ketones (excluding diaryl/α,β-unsaturated/α-hetero) is 1. The van der Waals surface area contributed by atoms with E-state index in [0.29, 0.717) is 5.92 Å². The van der Waals surface area contributed by atoms with Crippen molar-refractivity contribution < 1.29 is 4.79 Å². The quantitative estimate of drug-likeness (QED) is 0.840. The van der Waals surface area contributed by atoms with Crippen molar-refractivity contribution in [3.8, 4) is 0 Å². The van der Waals surface area contributed by atoms with Crippen LogP contribution < -0.4 is 5.73 Å². The summed E-state index contributed by atoms with van der Waals surface area (Å²) in [6.07, 6.45) is 5.27. The Morgan fingerprint density at radius 1 is 1.32 bits per heavy atom. The van der Waals surface area contributed by atoms with Crippen molar-refractivity contribution in [2.75, 3.05) is 0 Å². The van der Waals surface area contributed by atoms with Crippen molar-refractivity contribution in [2.45, 2.75) is 52.0 Å². The maximum Gasteiger partial charge on any atom is 0.167 e. The molecule has 0 spiro atoms. The van der Waals surface area contributed by atoms with E-state index in [1.165, 1.54) is 12.0 Å². The van der Waals surface area contributed by atoms with Crippen LogP contribution in [0.15, 0.2) is 24.3 Å². The van der Waals surface area contributed by atoms with Crippen LogP contribution in [0.1, 0.15) is 55.5 Å². The van der Waals surface area contributed by atoms with Gasteiger partial charge in [-0.25, -0.2) is 0 Å². The Balaban J connectivity index is 2.14. The van der Waals surface area contributed by atoms with Gasteiger partial charge in [-0.2, -0.15) is 0 Å². The number of benzene rings is 1. The van der Waals surface area contributed by atoms with Crippen molar-refractivity contribution in [1.82, 2.24) is 0 Å². The highest BCUT2D eigenvalue weighted by Crippen LogP contribution is 2.26. The van der Waals surface area contributed by atoms with Crippen LogP contribution in [0, 0.1) is 11.8 Å². The normalized spacial score (nSPS) is 23.6. The summed E-state index contributed by atoms with van der Waals surface area (Å²) in [5, 5.41) is 0. The Morgan fingerprint density at radius 2 is 2.05 bits per heavy atom. The van der Waals surface area contributed by atoms with Gasteiger partial charge in [-0.1, -0.05) is 44.9 Å². The van der Waals surface area contributed by atoms with Crippen LogP contribution in [0.4, 0.5) is 0 Å². The molecule has 104 valence electrons. The molecular weight excluding hydrogens is 234 g/mol. The minimum absolute atomic E-state index is 0.0306. The Bertz CT molecular complexity index is 439. The van der Waals surface area contributed by atoms with Crippen LogP contribution in [0.2, 0.25) is 0 Å². The Hall–Kier alpha value is -1.15. The maximum atomic E-state index is 12.6. The predicted molar refractivity (Wildman–Crippen MR) is 79.2 cm³/mol. The summed E-state index contributed by atoms with van der Waals surface area (Å²) in [5.41, 5.74) is 8.22. The number of rotatable bonds is 4. The summed E-state index contributed by atoms with van der Waals surface area (Å²) in [4.78, 5) is 12.6. The number of carbonyl (C=O) groups is 1. The first-order valence-corrected chi connectivity index (χ1v) is 7.46. The fraction of sp³-hybridized carbons (Fsp3) is 0.588. The van der Waals surface area contributed by atoms with Gasteiger partial charge < -0.3 is 5.73 Å². The molecule has 1 aromatic carbocycles. The molecule has 2 nitrogen and oxygen atoms in total. The standard InChI is InChI=1S/C17H25NO/c1-12(2)10-13-6-5-7-14(11-13)17(19)15-8-3-4-9-16(15)18/h5-7,11-12,15-16H,3-4,8-10,18H2,1-2H3. The van der Waals surface area contributed by atoms with Crippen LogP contribution in [0.25, 0.3) is 0 Å². The number of ketones is 1. The Kier molecular flexibility index (Phi) is 4.76. The van der Waals surface area contributed by atoms with Crippen molar-refractivity contribution in [3.05, 3.63) is 35.4 Å². The summed E-state index contributed by atoms with van der Waals surface area (Å²) in [7, 11) is 0. The van der Waals surface area contributed by atoms with Gasteiger partial charge in [0.15, 0.2) is 5.78 Å². The van der Waals surface area contributed by atoms with E-state index in [0.717, 1.165) is 31.2 Å². The molecule has 2 atom stereocenters. The minimum Gasteiger partial charge on any atom is -0.327 e. The lowest BCUT2D eigenvalue weighted by molar-refractivity contribution is 0.0871. The van der Waals surface area contributed by atoms with E-state index in [-0.39, 0.29) is 17.7 Å². The molecule has 0 saturated heterocycles. The van der Waals surface area contributed by atoms with E-state index in [2.05, 4.69) is 26.0 Å². The molecule has 0 amide bonds. The molecular formula is C17H25NO. The predicted octanol–water partition coefficient (Wildman–Crippen LogP) is 3.59. The van der Waals surface area contributed by atoms with Crippen LogP contribution in [0.5, 0.6) is 0 Å². The maximum absolute atomic E-state index is 12.6. The molecule has 2 N–H and O–H groups in total. The van der Waals surface area contributed by atoms with Crippen LogP contribution in [-0.4, -0.2) is 11.8 Å². The first-order valence-electron chi connectivity index (χ1n) is 7.46. The third-order valence-corrected chi connectivity index (χ3v) is 4.01. The summed E-state index contributed by atoms with van der Waals surface area (Å²) in [5.74, 6) is 0.892. The minimum atomic E-state index is 0.0306. The van der Waals surface area contributed by atoms with E-state index < -0.39 is 0 Å². The second-order valence-corrected chi connectivity index (χ2v) is 6.22. The van der Waals surface area contributed by atoms with Gasteiger partial charge in [0, 0.05) is 17.5 Å². The van der Waals surface area contributed by atoms with Crippen molar-refractivity contribution >= 4 is 5.78 Å². The van der Waals surface area contributed by atoms with Crippen LogP contribution in [-0.2, 0) is 6.42 Å². The zero-order chi connectivity index (χ0) is 13.8. The second-order valence-electron chi connectivity index (χ2n) is 6.22. The molecule has 0 bridgehead atoms. The van der Waals surface area contributed by atoms with Gasteiger partial charge in [0.05, 0.1) is 0 Å². The monoisotopic (exact) mass is 259 g/mol. The molecule has 2 rings (SSSR count). The van der Waals surface area contributed by atoms with Gasteiger partial charge >= 0.3 is 0 Å². The third kappa shape index (κ3) is 3.66. The first kappa shape index (κ1) is 14.3. The van der Waals surface area contributed by atoms with Crippen molar-refractivity contribution in [3.63, 3.8) is 0 Å². The van der Waals surface area contributed by atoms with Gasteiger partial charge in [-0.3, -0.25) is 4.79 Å². The highest BCUT2D eigenvalue weighted by molar-refractivity contribution is 5.98. The van der Waals surface area contributed by atoms with E-state index in [4.69, 9.17) is 5.73 Å². The number of hydrogen-bond donors (Lipinski definition) is 1. The lowest BCUT2D eigenvalue weighted by atomic mass is 9.80. The summed E-state index contributed by atoms with van der Waals surface area (Å²) in [6.45, 7) is 4.40.